The first-order valence-corrected chi connectivity index (χ1v) is 8.19. The second-order valence-corrected chi connectivity index (χ2v) is 6.24. The molecule has 122 valence electrons. The fraction of sp³-hybridized carbons (Fsp3) is 0.316. The highest BCUT2D eigenvalue weighted by Crippen LogP contribution is 2.22. The molecular formula is C19H23ClN2O. The number of rotatable bonds is 6. The van der Waals surface area contributed by atoms with Crippen molar-refractivity contribution in [2.24, 2.45) is 0 Å². The van der Waals surface area contributed by atoms with Gasteiger partial charge in [0, 0.05) is 17.6 Å². The number of hydrogen-bond donors (Lipinski definition) is 2. The van der Waals surface area contributed by atoms with Crippen molar-refractivity contribution in [2.75, 3.05) is 0 Å². The van der Waals surface area contributed by atoms with Gasteiger partial charge >= 0.3 is 0 Å². The van der Waals surface area contributed by atoms with Crippen molar-refractivity contribution >= 4 is 17.5 Å². The Morgan fingerprint density at radius 3 is 2.39 bits per heavy atom. The normalized spacial score (nSPS) is 13.4. The number of benzene rings is 2. The van der Waals surface area contributed by atoms with Crippen LogP contribution in [0, 0.1) is 6.92 Å². The molecule has 2 atom stereocenters. The highest BCUT2D eigenvalue weighted by atomic mass is 35.5. The molecule has 3 nitrogen and oxygen atoms in total. The van der Waals surface area contributed by atoms with Crippen LogP contribution in [0.4, 0.5) is 0 Å². The van der Waals surface area contributed by atoms with E-state index >= 15 is 0 Å². The second-order valence-electron chi connectivity index (χ2n) is 5.83. The lowest BCUT2D eigenvalue weighted by Crippen LogP contribution is -2.42. The van der Waals surface area contributed by atoms with Gasteiger partial charge in [0.2, 0.25) is 5.91 Å². The third-order valence-corrected chi connectivity index (χ3v) is 4.20. The average molecular weight is 331 g/mol. The monoisotopic (exact) mass is 330 g/mol. The molecule has 2 rings (SSSR count). The van der Waals surface area contributed by atoms with Gasteiger partial charge in [0.1, 0.15) is 0 Å². The molecule has 0 aliphatic carbocycles. The quantitative estimate of drug-likeness (QED) is 0.840. The Kier molecular flexibility index (Phi) is 6.20. The minimum atomic E-state index is -0.299. The lowest BCUT2D eigenvalue weighted by molar-refractivity contribution is -0.123. The van der Waals surface area contributed by atoms with Crippen LogP contribution in [0.2, 0.25) is 5.02 Å². The van der Waals surface area contributed by atoms with Crippen LogP contribution in [-0.2, 0) is 11.3 Å². The van der Waals surface area contributed by atoms with Crippen LogP contribution in [-0.4, -0.2) is 11.9 Å². The molecule has 2 unspecified atom stereocenters. The van der Waals surface area contributed by atoms with Gasteiger partial charge in [-0.3, -0.25) is 10.1 Å². The topological polar surface area (TPSA) is 41.1 Å². The second kappa shape index (κ2) is 8.14. The zero-order valence-corrected chi connectivity index (χ0v) is 14.5. The molecule has 4 heteroatoms. The van der Waals surface area contributed by atoms with Crippen LogP contribution < -0.4 is 10.6 Å². The Balaban J connectivity index is 1.87. The van der Waals surface area contributed by atoms with Gasteiger partial charge in [-0.15, -0.1) is 0 Å². The zero-order valence-electron chi connectivity index (χ0n) is 13.8. The van der Waals surface area contributed by atoms with Crippen LogP contribution in [0.25, 0.3) is 0 Å². The van der Waals surface area contributed by atoms with Crippen molar-refractivity contribution < 1.29 is 4.79 Å². The smallest absolute Gasteiger partial charge is 0.237 e. The first-order chi connectivity index (χ1) is 11.0. The lowest BCUT2D eigenvalue weighted by Gasteiger charge is -2.21. The Hall–Kier alpha value is -1.84. The Morgan fingerprint density at radius 2 is 1.74 bits per heavy atom. The Bertz CT molecular complexity index is 655. The molecule has 0 aromatic heterocycles. The lowest BCUT2D eigenvalue weighted by atomic mass is 10.1. The summed E-state index contributed by atoms with van der Waals surface area (Å²) in [5, 5.41) is 6.95. The van der Waals surface area contributed by atoms with E-state index in [1.807, 2.05) is 69.3 Å². The molecule has 0 heterocycles. The van der Waals surface area contributed by atoms with E-state index in [-0.39, 0.29) is 18.0 Å². The van der Waals surface area contributed by atoms with E-state index in [4.69, 9.17) is 11.6 Å². The highest BCUT2D eigenvalue weighted by Gasteiger charge is 2.17. The molecule has 1 amide bonds. The summed E-state index contributed by atoms with van der Waals surface area (Å²) in [5.74, 6) is -0.0236. The number of aryl methyl sites for hydroxylation is 1. The molecule has 0 spiro atoms. The van der Waals surface area contributed by atoms with Crippen molar-refractivity contribution in [1.29, 1.82) is 0 Å². The maximum absolute atomic E-state index is 12.2. The average Bonchev–Trinajstić information content (AvgIpc) is 2.54. The maximum atomic E-state index is 12.2. The van der Waals surface area contributed by atoms with Crippen molar-refractivity contribution in [3.63, 3.8) is 0 Å². The Morgan fingerprint density at radius 1 is 1.09 bits per heavy atom. The summed E-state index contributed by atoms with van der Waals surface area (Å²) in [6, 6.07) is 15.5. The van der Waals surface area contributed by atoms with Crippen LogP contribution >= 0.6 is 11.6 Å². The molecule has 0 aliphatic rings. The first kappa shape index (κ1) is 17.5. The van der Waals surface area contributed by atoms with Crippen LogP contribution in [0.5, 0.6) is 0 Å². The fourth-order valence-electron chi connectivity index (χ4n) is 2.41. The molecule has 0 fully saturated rings. The first-order valence-electron chi connectivity index (χ1n) is 7.81. The van der Waals surface area contributed by atoms with Gasteiger partial charge in [-0.2, -0.15) is 0 Å². The van der Waals surface area contributed by atoms with E-state index in [1.165, 1.54) is 5.56 Å². The number of carbonyl (C=O) groups excluding carboxylic acids is 1. The summed E-state index contributed by atoms with van der Waals surface area (Å²) >= 11 is 6.20. The van der Waals surface area contributed by atoms with Gasteiger partial charge in [-0.1, -0.05) is 59.6 Å². The highest BCUT2D eigenvalue weighted by molar-refractivity contribution is 6.31. The standard InChI is InChI=1S/C19H23ClN2O/c1-13-8-10-16(11-9-13)12-21-19(23)15(3)22-14(2)17-6-4-5-7-18(17)20/h4-11,14-15,22H,12H2,1-3H3,(H,21,23). The summed E-state index contributed by atoms with van der Waals surface area (Å²) in [6.07, 6.45) is 0. The fourth-order valence-corrected chi connectivity index (χ4v) is 2.71. The summed E-state index contributed by atoms with van der Waals surface area (Å²) < 4.78 is 0. The maximum Gasteiger partial charge on any atom is 0.237 e. The van der Waals surface area contributed by atoms with Crippen LogP contribution in [0.15, 0.2) is 48.5 Å². The molecule has 0 aliphatic heterocycles. The molecule has 0 saturated carbocycles. The van der Waals surface area contributed by atoms with E-state index in [2.05, 4.69) is 10.6 Å². The third-order valence-electron chi connectivity index (χ3n) is 3.85. The van der Waals surface area contributed by atoms with E-state index in [1.54, 1.807) is 0 Å². The van der Waals surface area contributed by atoms with Gasteiger partial charge in [0.25, 0.3) is 0 Å². The van der Waals surface area contributed by atoms with Crippen molar-refractivity contribution in [3.05, 3.63) is 70.2 Å². The third kappa shape index (κ3) is 5.08. The molecule has 2 N–H and O–H groups in total. The van der Waals surface area contributed by atoms with Gasteiger partial charge in [-0.25, -0.2) is 0 Å². The summed E-state index contributed by atoms with van der Waals surface area (Å²) in [4.78, 5) is 12.2. The van der Waals surface area contributed by atoms with Gasteiger partial charge in [-0.05, 0) is 38.0 Å². The number of amides is 1. The van der Waals surface area contributed by atoms with Crippen molar-refractivity contribution in [2.45, 2.75) is 39.4 Å². The predicted molar refractivity (Wildman–Crippen MR) is 95.5 cm³/mol. The molecule has 2 aromatic carbocycles. The van der Waals surface area contributed by atoms with Gasteiger partial charge in [0.15, 0.2) is 0 Å². The molecule has 23 heavy (non-hydrogen) atoms. The van der Waals surface area contributed by atoms with E-state index in [9.17, 15) is 4.79 Å². The van der Waals surface area contributed by atoms with Gasteiger partial charge in [0.05, 0.1) is 6.04 Å². The van der Waals surface area contributed by atoms with Crippen LogP contribution in [0.1, 0.15) is 36.6 Å². The summed E-state index contributed by atoms with van der Waals surface area (Å²) in [5.41, 5.74) is 3.30. The van der Waals surface area contributed by atoms with Crippen molar-refractivity contribution in [3.8, 4) is 0 Å². The Labute approximate surface area is 143 Å². The minimum absolute atomic E-state index is 0.00354. The largest absolute Gasteiger partial charge is 0.351 e. The molecule has 0 saturated heterocycles. The van der Waals surface area contributed by atoms with E-state index < -0.39 is 0 Å². The number of hydrogen-bond acceptors (Lipinski definition) is 2. The number of carbonyl (C=O) groups is 1. The summed E-state index contributed by atoms with van der Waals surface area (Å²) in [6.45, 7) is 6.44. The van der Waals surface area contributed by atoms with E-state index in [0.29, 0.717) is 11.6 Å². The zero-order chi connectivity index (χ0) is 16.8. The predicted octanol–water partition coefficient (Wildman–Crippen LogP) is 4.00. The number of halogens is 1. The number of nitrogens with one attached hydrogen (secondary N) is 2. The minimum Gasteiger partial charge on any atom is -0.351 e. The molecular weight excluding hydrogens is 308 g/mol. The summed E-state index contributed by atoms with van der Waals surface area (Å²) in [7, 11) is 0. The molecule has 0 bridgehead atoms. The molecule has 2 aromatic rings. The van der Waals surface area contributed by atoms with E-state index in [0.717, 1.165) is 11.1 Å². The van der Waals surface area contributed by atoms with Gasteiger partial charge < -0.3 is 5.32 Å². The van der Waals surface area contributed by atoms with Crippen LogP contribution in [0.3, 0.4) is 0 Å². The van der Waals surface area contributed by atoms with Crippen molar-refractivity contribution in [1.82, 2.24) is 10.6 Å². The SMILES string of the molecule is Cc1ccc(CNC(=O)C(C)NC(C)c2ccccc2Cl)cc1. The molecule has 0 radical (unpaired) electrons.